The number of nitrogens with one attached hydrogen (secondary N) is 2. The molecule has 27 heavy (non-hydrogen) atoms. The summed E-state index contributed by atoms with van der Waals surface area (Å²) in [6.45, 7) is 6.09. The highest BCUT2D eigenvalue weighted by Gasteiger charge is 2.13. The molecule has 1 aromatic carbocycles. The van der Waals surface area contributed by atoms with Gasteiger partial charge in [-0.3, -0.25) is 9.59 Å². The third kappa shape index (κ3) is 5.82. The summed E-state index contributed by atoms with van der Waals surface area (Å²) in [7, 11) is 0. The minimum atomic E-state index is -0.740. The van der Waals surface area contributed by atoms with Crippen LogP contribution in [0.4, 0.5) is 11.5 Å². The molecule has 7 nitrogen and oxygen atoms in total. The highest BCUT2D eigenvalue weighted by atomic mass is 16.2. The lowest BCUT2D eigenvalue weighted by Gasteiger charge is -2.19. The van der Waals surface area contributed by atoms with Gasteiger partial charge in [0, 0.05) is 31.5 Å². The molecule has 1 aromatic heterocycles. The van der Waals surface area contributed by atoms with Crippen molar-refractivity contribution in [2.45, 2.75) is 26.8 Å². The zero-order chi connectivity index (χ0) is 19.6. The van der Waals surface area contributed by atoms with Crippen molar-refractivity contribution in [3.05, 3.63) is 53.7 Å². The zero-order valence-electron chi connectivity index (χ0n) is 15.5. The summed E-state index contributed by atoms with van der Waals surface area (Å²) in [5.41, 5.74) is 2.16. The van der Waals surface area contributed by atoms with E-state index in [2.05, 4.69) is 40.4 Å². The Morgan fingerprint density at radius 2 is 1.70 bits per heavy atom. The van der Waals surface area contributed by atoms with E-state index < -0.39 is 11.8 Å². The maximum Gasteiger partial charge on any atom is 0.313 e. The molecule has 2 amide bonds. The summed E-state index contributed by atoms with van der Waals surface area (Å²) in [6, 6.07) is 12.6. The van der Waals surface area contributed by atoms with Gasteiger partial charge in [-0.1, -0.05) is 18.2 Å². The smallest absolute Gasteiger partial charge is 0.313 e. The Morgan fingerprint density at radius 1 is 1.04 bits per heavy atom. The fourth-order valence-electron chi connectivity index (χ4n) is 2.50. The van der Waals surface area contributed by atoms with Crippen LogP contribution in [0, 0.1) is 11.3 Å². The van der Waals surface area contributed by atoms with Crippen LogP contribution in [-0.4, -0.2) is 29.9 Å². The number of hydrogen-bond donors (Lipinski definition) is 2. The van der Waals surface area contributed by atoms with Crippen molar-refractivity contribution in [2.24, 2.45) is 0 Å². The van der Waals surface area contributed by atoms with Gasteiger partial charge in [0.1, 0.15) is 5.82 Å². The van der Waals surface area contributed by atoms with Gasteiger partial charge in [-0.15, -0.1) is 0 Å². The number of aromatic nitrogens is 1. The first-order valence-corrected chi connectivity index (χ1v) is 8.82. The van der Waals surface area contributed by atoms with Crippen molar-refractivity contribution in [2.75, 3.05) is 23.3 Å². The lowest BCUT2D eigenvalue weighted by atomic mass is 10.1. The van der Waals surface area contributed by atoms with Gasteiger partial charge in [0.2, 0.25) is 0 Å². The normalized spacial score (nSPS) is 9.96. The predicted octanol–water partition coefficient (Wildman–Crippen LogP) is 2.25. The van der Waals surface area contributed by atoms with Gasteiger partial charge in [0.15, 0.2) is 0 Å². The Labute approximate surface area is 159 Å². The predicted molar refractivity (Wildman–Crippen MR) is 104 cm³/mol. The van der Waals surface area contributed by atoms with Crippen LogP contribution < -0.4 is 15.5 Å². The monoisotopic (exact) mass is 365 g/mol. The van der Waals surface area contributed by atoms with Crippen LogP contribution >= 0.6 is 0 Å². The summed E-state index contributed by atoms with van der Waals surface area (Å²) < 4.78 is 0. The summed E-state index contributed by atoms with van der Waals surface area (Å²) in [6.07, 6.45) is 2.00. The van der Waals surface area contributed by atoms with E-state index in [1.807, 2.05) is 12.1 Å². The third-order valence-corrected chi connectivity index (χ3v) is 4.05. The van der Waals surface area contributed by atoms with E-state index in [-0.39, 0.29) is 6.54 Å². The Balaban J connectivity index is 1.85. The summed E-state index contributed by atoms with van der Waals surface area (Å²) in [5.74, 6) is -0.577. The third-order valence-electron chi connectivity index (χ3n) is 4.05. The van der Waals surface area contributed by atoms with E-state index in [0.717, 1.165) is 30.0 Å². The summed E-state index contributed by atoms with van der Waals surface area (Å²) >= 11 is 0. The number of nitrogens with zero attached hydrogens (tertiary/aromatic N) is 3. The van der Waals surface area contributed by atoms with E-state index in [1.54, 1.807) is 30.5 Å². The van der Waals surface area contributed by atoms with Gasteiger partial charge in [-0.25, -0.2) is 4.98 Å². The van der Waals surface area contributed by atoms with Crippen LogP contribution in [0.15, 0.2) is 42.6 Å². The van der Waals surface area contributed by atoms with Crippen molar-refractivity contribution in [1.29, 1.82) is 5.26 Å². The molecular formula is C20H23N5O2. The van der Waals surface area contributed by atoms with Gasteiger partial charge < -0.3 is 15.5 Å². The number of amides is 2. The largest absolute Gasteiger partial charge is 0.357 e. The average molecular weight is 365 g/mol. The molecule has 0 saturated heterocycles. The molecule has 0 aliphatic heterocycles. The fraction of sp³-hybridized carbons (Fsp3) is 0.300. The lowest BCUT2D eigenvalue weighted by Crippen LogP contribution is -2.35. The number of nitriles is 1. The van der Waals surface area contributed by atoms with Crippen LogP contribution in [0.2, 0.25) is 0 Å². The lowest BCUT2D eigenvalue weighted by molar-refractivity contribution is -0.136. The maximum absolute atomic E-state index is 12.0. The van der Waals surface area contributed by atoms with Gasteiger partial charge >= 0.3 is 11.8 Å². The number of carbonyl (C=O) groups excluding carboxylic acids is 2. The minimum absolute atomic E-state index is 0.221. The molecular weight excluding hydrogens is 342 g/mol. The summed E-state index contributed by atoms with van der Waals surface area (Å²) in [4.78, 5) is 30.4. The molecule has 7 heteroatoms. The van der Waals surface area contributed by atoms with E-state index in [0.29, 0.717) is 12.1 Å². The molecule has 2 rings (SSSR count). The fourth-order valence-corrected chi connectivity index (χ4v) is 2.50. The standard InChI is InChI=1S/C20H23N5O2/c1-3-25(4-2)18-10-7-16(13-22-18)14-23-19(26)20(27)24-17-8-5-15(6-9-17)11-12-21/h5-10,13H,3-4,11,14H2,1-2H3,(H,23,26)(H,24,27). The number of benzene rings is 1. The molecule has 0 bridgehead atoms. The van der Waals surface area contributed by atoms with Crippen LogP contribution in [0.25, 0.3) is 0 Å². The van der Waals surface area contributed by atoms with Crippen molar-refractivity contribution in [3.8, 4) is 6.07 Å². The molecule has 0 aliphatic rings. The molecule has 2 N–H and O–H groups in total. The number of pyridine rings is 1. The van der Waals surface area contributed by atoms with E-state index in [1.165, 1.54) is 0 Å². The first kappa shape index (κ1) is 19.9. The Kier molecular flexibility index (Phi) is 7.32. The zero-order valence-corrected chi connectivity index (χ0v) is 15.5. The van der Waals surface area contributed by atoms with Gasteiger partial charge in [0.25, 0.3) is 0 Å². The number of hydrogen-bond acceptors (Lipinski definition) is 5. The van der Waals surface area contributed by atoms with Crippen LogP contribution in [0.5, 0.6) is 0 Å². The van der Waals surface area contributed by atoms with Gasteiger partial charge in [-0.05, 0) is 43.2 Å². The van der Waals surface area contributed by atoms with E-state index in [9.17, 15) is 9.59 Å². The van der Waals surface area contributed by atoms with E-state index in [4.69, 9.17) is 5.26 Å². The molecule has 1 heterocycles. The van der Waals surface area contributed by atoms with Crippen LogP contribution in [-0.2, 0) is 22.6 Å². The molecule has 0 fully saturated rings. The molecule has 0 spiro atoms. The van der Waals surface area contributed by atoms with E-state index >= 15 is 0 Å². The Hall–Kier alpha value is -3.40. The number of carbonyl (C=O) groups is 2. The molecule has 0 radical (unpaired) electrons. The molecule has 0 atom stereocenters. The van der Waals surface area contributed by atoms with Gasteiger partial charge in [-0.2, -0.15) is 5.26 Å². The van der Waals surface area contributed by atoms with Crippen molar-refractivity contribution in [1.82, 2.24) is 10.3 Å². The second-order valence-corrected chi connectivity index (χ2v) is 5.87. The minimum Gasteiger partial charge on any atom is -0.357 e. The molecule has 140 valence electrons. The summed E-state index contributed by atoms with van der Waals surface area (Å²) in [5, 5.41) is 13.8. The number of anilines is 2. The Bertz CT molecular complexity index is 806. The van der Waals surface area contributed by atoms with Crippen molar-refractivity contribution in [3.63, 3.8) is 0 Å². The highest BCUT2D eigenvalue weighted by molar-refractivity contribution is 6.39. The SMILES string of the molecule is CCN(CC)c1ccc(CNC(=O)C(=O)Nc2ccc(CC#N)cc2)cn1. The second kappa shape index (κ2) is 9.92. The van der Waals surface area contributed by atoms with Crippen LogP contribution in [0.3, 0.4) is 0 Å². The maximum atomic E-state index is 12.0. The molecule has 2 aromatic rings. The average Bonchev–Trinajstić information content (AvgIpc) is 2.69. The first-order chi connectivity index (χ1) is 13.1. The van der Waals surface area contributed by atoms with Gasteiger partial charge in [0.05, 0.1) is 12.5 Å². The second-order valence-electron chi connectivity index (χ2n) is 5.87. The highest BCUT2D eigenvalue weighted by Crippen LogP contribution is 2.11. The van der Waals surface area contributed by atoms with Crippen LogP contribution in [0.1, 0.15) is 25.0 Å². The quantitative estimate of drug-likeness (QED) is 0.734. The molecule has 0 unspecified atom stereocenters. The first-order valence-electron chi connectivity index (χ1n) is 8.82. The Morgan fingerprint density at radius 3 is 2.26 bits per heavy atom. The van der Waals surface area contributed by atoms with Crippen molar-refractivity contribution < 1.29 is 9.59 Å². The van der Waals surface area contributed by atoms with Crippen molar-refractivity contribution >= 4 is 23.3 Å². The molecule has 0 aliphatic carbocycles. The topological polar surface area (TPSA) is 98.1 Å². The number of rotatable bonds is 7. The molecule has 0 saturated carbocycles.